The van der Waals surface area contributed by atoms with Gasteiger partial charge in [-0.2, -0.15) is 4.98 Å². The number of Topliss-reactive ketones (excluding diaryl/α,β-unsaturated/α-hetero) is 1. The van der Waals surface area contributed by atoms with Gasteiger partial charge in [-0.25, -0.2) is 4.98 Å². The summed E-state index contributed by atoms with van der Waals surface area (Å²) in [5, 5.41) is 7.07. The highest BCUT2D eigenvalue weighted by molar-refractivity contribution is 6.31. The van der Waals surface area contributed by atoms with Gasteiger partial charge in [-0.3, -0.25) is 4.79 Å². The monoisotopic (exact) mass is 366 g/mol. The molecule has 0 bridgehead atoms. The number of hydrogen-bond donors (Lipinski definition) is 2. The van der Waals surface area contributed by atoms with E-state index in [-0.39, 0.29) is 5.78 Å². The minimum Gasteiger partial charge on any atom is -0.340 e. The fraction of sp³-hybridized carbons (Fsp3) is 0.150. The highest BCUT2D eigenvalue weighted by atomic mass is 35.5. The SMILES string of the molecule is CC(=O)c1cccc(Nc2cc(C)nc(Nc3ccc(C)c(Cl)c3)n2)c1. The Balaban J connectivity index is 1.84. The van der Waals surface area contributed by atoms with E-state index < -0.39 is 0 Å². The summed E-state index contributed by atoms with van der Waals surface area (Å²) in [5.41, 5.74) is 4.07. The number of anilines is 4. The molecule has 1 aromatic heterocycles. The minimum absolute atomic E-state index is 0.0196. The number of carbonyl (C=O) groups excluding carboxylic acids is 1. The molecule has 0 atom stereocenters. The molecule has 5 nitrogen and oxygen atoms in total. The molecule has 0 amide bonds. The molecule has 2 N–H and O–H groups in total. The number of aryl methyl sites for hydroxylation is 2. The molecule has 3 aromatic rings. The van der Waals surface area contributed by atoms with Gasteiger partial charge in [0.25, 0.3) is 0 Å². The highest BCUT2D eigenvalue weighted by Crippen LogP contribution is 2.23. The topological polar surface area (TPSA) is 66.9 Å². The molecule has 0 radical (unpaired) electrons. The molecule has 26 heavy (non-hydrogen) atoms. The van der Waals surface area contributed by atoms with Crippen molar-refractivity contribution in [3.63, 3.8) is 0 Å². The maximum atomic E-state index is 11.5. The van der Waals surface area contributed by atoms with Crippen molar-refractivity contribution in [2.45, 2.75) is 20.8 Å². The number of nitrogens with one attached hydrogen (secondary N) is 2. The average molecular weight is 367 g/mol. The van der Waals surface area contributed by atoms with Crippen LogP contribution in [0.4, 0.5) is 23.1 Å². The predicted molar refractivity (Wildman–Crippen MR) is 106 cm³/mol. The van der Waals surface area contributed by atoms with Crippen LogP contribution in [-0.4, -0.2) is 15.8 Å². The molecule has 1 heterocycles. The Hall–Kier alpha value is -2.92. The molecule has 132 valence electrons. The van der Waals surface area contributed by atoms with Crippen LogP contribution in [0.1, 0.15) is 28.5 Å². The summed E-state index contributed by atoms with van der Waals surface area (Å²) in [6.07, 6.45) is 0. The van der Waals surface area contributed by atoms with E-state index in [0.717, 1.165) is 22.6 Å². The van der Waals surface area contributed by atoms with E-state index in [0.29, 0.717) is 22.4 Å². The van der Waals surface area contributed by atoms with E-state index in [2.05, 4.69) is 20.6 Å². The Morgan fingerprint density at radius 2 is 1.73 bits per heavy atom. The van der Waals surface area contributed by atoms with E-state index in [1.54, 1.807) is 19.1 Å². The van der Waals surface area contributed by atoms with Crippen LogP contribution in [0.15, 0.2) is 48.5 Å². The van der Waals surface area contributed by atoms with Crippen LogP contribution in [0.2, 0.25) is 5.02 Å². The van der Waals surface area contributed by atoms with Gasteiger partial charge in [0.1, 0.15) is 5.82 Å². The Labute approximate surface area is 157 Å². The molecule has 0 saturated heterocycles. The fourth-order valence-electron chi connectivity index (χ4n) is 2.45. The van der Waals surface area contributed by atoms with Crippen molar-refractivity contribution in [2.75, 3.05) is 10.6 Å². The summed E-state index contributed by atoms with van der Waals surface area (Å²) in [6.45, 7) is 5.39. The van der Waals surface area contributed by atoms with Gasteiger partial charge in [-0.05, 0) is 50.6 Å². The maximum Gasteiger partial charge on any atom is 0.229 e. The van der Waals surface area contributed by atoms with E-state index in [4.69, 9.17) is 11.6 Å². The van der Waals surface area contributed by atoms with Crippen molar-refractivity contribution < 1.29 is 4.79 Å². The molecule has 0 saturated carbocycles. The first-order chi connectivity index (χ1) is 12.4. The van der Waals surface area contributed by atoms with Crippen LogP contribution in [0.25, 0.3) is 0 Å². The predicted octanol–water partition coefficient (Wildman–Crippen LogP) is 5.44. The van der Waals surface area contributed by atoms with Gasteiger partial charge in [0.15, 0.2) is 5.78 Å². The van der Waals surface area contributed by atoms with E-state index in [9.17, 15) is 4.79 Å². The Morgan fingerprint density at radius 3 is 2.46 bits per heavy atom. The van der Waals surface area contributed by atoms with Gasteiger partial charge in [-0.1, -0.05) is 29.8 Å². The van der Waals surface area contributed by atoms with E-state index in [1.807, 2.05) is 50.2 Å². The third-order valence-corrected chi connectivity index (χ3v) is 4.23. The van der Waals surface area contributed by atoms with Crippen molar-refractivity contribution in [3.05, 3.63) is 70.4 Å². The number of carbonyl (C=O) groups is 1. The largest absolute Gasteiger partial charge is 0.340 e. The van der Waals surface area contributed by atoms with E-state index in [1.165, 1.54) is 0 Å². The lowest BCUT2D eigenvalue weighted by Gasteiger charge is -2.11. The summed E-state index contributed by atoms with van der Waals surface area (Å²) in [5.74, 6) is 1.13. The summed E-state index contributed by atoms with van der Waals surface area (Å²) < 4.78 is 0. The average Bonchev–Trinajstić information content (AvgIpc) is 2.58. The summed E-state index contributed by atoms with van der Waals surface area (Å²) in [4.78, 5) is 20.4. The van der Waals surface area contributed by atoms with Crippen molar-refractivity contribution in [1.82, 2.24) is 9.97 Å². The molecule has 0 spiro atoms. The van der Waals surface area contributed by atoms with E-state index >= 15 is 0 Å². The second-order valence-corrected chi connectivity index (χ2v) is 6.48. The van der Waals surface area contributed by atoms with Crippen molar-refractivity contribution in [2.24, 2.45) is 0 Å². The quantitative estimate of drug-likeness (QED) is 0.589. The molecule has 0 aliphatic heterocycles. The van der Waals surface area contributed by atoms with Crippen molar-refractivity contribution in [1.29, 1.82) is 0 Å². The standard InChI is InChI=1S/C20H19ClN4O/c1-12-7-8-17(11-18(12)21)24-20-22-13(2)9-19(25-20)23-16-6-4-5-15(10-16)14(3)26/h4-11H,1-3H3,(H2,22,23,24,25). The van der Waals surface area contributed by atoms with Crippen molar-refractivity contribution in [3.8, 4) is 0 Å². The summed E-state index contributed by atoms with van der Waals surface area (Å²) in [7, 11) is 0. The first-order valence-electron chi connectivity index (χ1n) is 8.17. The van der Waals surface area contributed by atoms with Crippen LogP contribution in [-0.2, 0) is 0 Å². The molecule has 0 unspecified atom stereocenters. The van der Waals surface area contributed by atoms with Gasteiger partial charge < -0.3 is 10.6 Å². The molecular formula is C20H19ClN4O. The van der Waals surface area contributed by atoms with Gasteiger partial charge in [0.05, 0.1) is 0 Å². The van der Waals surface area contributed by atoms with Crippen molar-refractivity contribution >= 4 is 40.5 Å². The zero-order valence-corrected chi connectivity index (χ0v) is 15.6. The van der Waals surface area contributed by atoms with Gasteiger partial charge in [-0.15, -0.1) is 0 Å². The number of aromatic nitrogens is 2. The molecule has 0 fully saturated rings. The molecule has 2 aromatic carbocycles. The fourth-order valence-corrected chi connectivity index (χ4v) is 2.63. The van der Waals surface area contributed by atoms with Gasteiger partial charge in [0, 0.05) is 33.7 Å². The van der Waals surface area contributed by atoms with Crippen LogP contribution in [0, 0.1) is 13.8 Å². The van der Waals surface area contributed by atoms with Gasteiger partial charge >= 0.3 is 0 Å². The zero-order valence-electron chi connectivity index (χ0n) is 14.8. The minimum atomic E-state index is 0.0196. The zero-order chi connectivity index (χ0) is 18.7. The summed E-state index contributed by atoms with van der Waals surface area (Å²) in [6, 6.07) is 14.8. The Morgan fingerprint density at radius 1 is 0.962 bits per heavy atom. The lowest BCUT2D eigenvalue weighted by atomic mass is 10.1. The van der Waals surface area contributed by atoms with Crippen LogP contribution < -0.4 is 10.6 Å². The smallest absolute Gasteiger partial charge is 0.229 e. The maximum absolute atomic E-state index is 11.5. The lowest BCUT2D eigenvalue weighted by Crippen LogP contribution is -2.03. The highest BCUT2D eigenvalue weighted by Gasteiger charge is 2.06. The normalized spacial score (nSPS) is 10.5. The number of rotatable bonds is 5. The second kappa shape index (κ2) is 7.54. The van der Waals surface area contributed by atoms with Crippen LogP contribution in [0.3, 0.4) is 0 Å². The first-order valence-corrected chi connectivity index (χ1v) is 8.55. The Kier molecular flexibility index (Phi) is 5.19. The first kappa shape index (κ1) is 17.9. The van der Waals surface area contributed by atoms with Gasteiger partial charge in [0.2, 0.25) is 5.95 Å². The van der Waals surface area contributed by atoms with Crippen LogP contribution >= 0.6 is 11.6 Å². The number of halogens is 1. The second-order valence-electron chi connectivity index (χ2n) is 6.07. The lowest BCUT2D eigenvalue weighted by molar-refractivity contribution is 0.101. The third kappa shape index (κ3) is 4.37. The number of benzene rings is 2. The molecular weight excluding hydrogens is 348 g/mol. The molecule has 6 heteroatoms. The number of nitrogens with zero attached hydrogens (tertiary/aromatic N) is 2. The molecule has 0 aliphatic rings. The molecule has 0 aliphatic carbocycles. The third-order valence-electron chi connectivity index (χ3n) is 3.82. The number of ketones is 1. The number of hydrogen-bond acceptors (Lipinski definition) is 5. The summed E-state index contributed by atoms with van der Waals surface area (Å²) >= 11 is 6.17. The van der Waals surface area contributed by atoms with Crippen LogP contribution in [0.5, 0.6) is 0 Å². The molecule has 3 rings (SSSR count). The Bertz CT molecular complexity index is 972.